The van der Waals surface area contributed by atoms with E-state index in [9.17, 15) is 0 Å². The number of fused-ring (bicyclic) bond motifs is 3. The summed E-state index contributed by atoms with van der Waals surface area (Å²) < 4.78 is 2.44. The summed E-state index contributed by atoms with van der Waals surface area (Å²) in [5.74, 6) is 2.02. The van der Waals surface area contributed by atoms with Crippen LogP contribution in [0.2, 0.25) is 0 Å². The fourth-order valence-corrected chi connectivity index (χ4v) is 5.41. The molecule has 5 nitrogen and oxygen atoms in total. The number of imidazole rings is 1. The zero-order chi connectivity index (χ0) is 28.4. The van der Waals surface area contributed by atoms with Gasteiger partial charge in [0, 0.05) is 30.4 Å². The number of nitrogens with one attached hydrogen (secondary N) is 2. The van der Waals surface area contributed by atoms with E-state index in [1.54, 1.807) is 0 Å². The molecule has 0 fully saturated rings. The molecule has 0 aliphatic rings. The Balaban J connectivity index is 1.51. The van der Waals surface area contributed by atoms with Crippen molar-refractivity contribution in [3.63, 3.8) is 0 Å². The fourth-order valence-electron chi connectivity index (χ4n) is 5.41. The Morgan fingerprint density at radius 3 is 2.15 bits per heavy atom. The van der Waals surface area contributed by atoms with E-state index >= 15 is 0 Å². The number of rotatable bonds is 16. The van der Waals surface area contributed by atoms with Crippen molar-refractivity contribution < 1.29 is 0 Å². The van der Waals surface area contributed by atoms with Gasteiger partial charge in [0.25, 0.3) is 0 Å². The summed E-state index contributed by atoms with van der Waals surface area (Å²) in [6, 6.07) is 17.6. The van der Waals surface area contributed by atoms with Crippen LogP contribution in [-0.2, 0) is 19.5 Å². The van der Waals surface area contributed by atoms with Crippen molar-refractivity contribution in [3.8, 4) is 0 Å². The molecular formula is C35H51N5. The molecule has 2 aromatic heterocycles. The Labute approximate surface area is 242 Å². The van der Waals surface area contributed by atoms with Crippen molar-refractivity contribution in [2.24, 2.45) is 0 Å². The Hall–Kier alpha value is -2.92. The molecule has 0 saturated heterocycles. The summed E-state index contributed by atoms with van der Waals surface area (Å²) in [6.45, 7) is 13.9. The van der Waals surface area contributed by atoms with Crippen LogP contribution < -0.4 is 10.6 Å². The van der Waals surface area contributed by atoms with Crippen LogP contribution in [0.15, 0.2) is 48.5 Å². The van der Waals surface area contributed by atoms with Gasteiger partial charge in [-0.05, 0) is 57.4 Å². The normalized spacial score (nSPS) is 12.0. The molecule has 40 heavy (non-hydrogen) atoms. The third-order valence-corrected chi connectivity index (χ3v) is 7.56. The summed E-state index contributed by atoms with van der Waals surface area (Å²) in [5.41, 5.74) is 5.72. The molecule has 0 spiro atoms. The van der Waals surface area contributed by atoms with Crippen LogP contribution in [0.4, 0.5) is 5.82 Å². The maximum Gasteiger partial charge on any atom is 0.155 e. The molecule has 4 rings (SSSR count). The largest absolute Gasteiger partial charge is 0.364 e. The molecule has 2 N–H and O–H groups in total. The van der Waals surface area contributed by atoms with Gasteiger partial charge in [-0.3, -0.25) is 0 Å². The van der Waals surface area contributed by atoms with E-state index in [0.29, 0.717) is 0 Å². The Kier molecular flexibility index (Phi) is 11.0. The number of unbranched alkanes of at least 4 members (excludes halogenated alkanes) is 7. The van der Waals surface area contributed by atoms with Gasteiger partial charge in [0.1, 0.15) is 11.3 Å². The van der Waals surface area contributed by atoms with Gasteiger partial charge in [-0.15, -0.1) is 0 Å². The van der Waals surface area contributed by atoms with Gasteiger partial charge in [0.15, 0.2) is 5.82 Å². The van der Waals surface area contributed by atoms with Crippen LogP contribution in [0, 0.1) is 0 Å². The van der Waals surface area contributed by atoms with Crippen molar-refractivity contribution in [1.82, 2.24) is 19.9 Å². The standard InChI is InChI=1S/C35H51N5/c1-6-8-10-11-12-13-16-24-36-25-27-20-22-28(23-21-27)26-40-31(19-9-7-2)38-32-33(40)29-17-14-15-18-30(29)37-34(32)39-35(3,4)5/h14-15,17-18,20-23,36H,6-13,16,19,24-26H2,1-5H3,(H,37,39). The van der Waals surface area contributed by atoms with Gasteiger partial charge in [0.2, 0.25) is 0 Å². The Morgan fingerprint density at radius 1 is 0.750 bits per heavy atom. The lowest BCUT2D eigenvalue weighted by Gasteiger charge is -2.22. The maximum atomic E-state index is 5.21. The summed E-state index contributed by atoms with van der Waals surface area (Å²) in [4.78, 5) is 10.2. The quantitative estimate of drug-likeness (QED) is 0.139. The monoisotopic (exact) mass is 541 g/mol. The highest BCUT2D eigenvalue weighted by molar-refractivity contribution is 6.07. The molecule has 0 radical (unpaired) electrons. The second-order valence-electron chi connectivity index (χ2n) is 12.4. The summed E-state index contributed by atoms with van der Waals surface area (Å²) in [5, 5.41) is 8.44. The molecule has 2 heterocycles. The van der Waals surface area contributed by atoms with Crippen molar-refractivity contribution in [3.05, 3.63) is 65.5 Å². The van der Waals surface area contributed by atoms with Crippen molar-refractivity contribution in [1.29, 1.82) is 0 Å². The number of pyridine rings is 1. The summed E-state index contributed by atoms with van der Waals surface area (Å²) >= 11 is 0. The van der Waals surface area contributed by atoms with Crippen LogP contribution in [0.1, 0.15) is 109 Å². The van der Waals surface area contributed by atoms with Crippen LogP contribution in [0.25, 0.3) is 21.9 Å². The average Bonchev–Trinajstić information content (AvgIpc) is 3.29. The van der Waals surface area contributed by atoms with E-state index in [1.807, 2.05) is 0 Å². The minimum atomic E-state index is -0.103. The third-order valence-electron chi connectivity index (χ3n) is 7.56. The van der Waals surface area contributed by atoms with E-state index in [2.05, 4.69) is 98.4 Å². The number of hydrogen-bond acceptors (Lipinski definition) is 4. The van der Waals surface area contributed by atoms with Crippen LogP contribution >= 0.6 is 0 Å². The lowest BCUT2D eigenvalue weighted by Crippen LogP contribution is -2.26. The molecule has 0 unspecified atom stereocenters. The number of aromatic nitrogens is 3. The van der Waals surface area contributed by atoms with E-state index in [4.69, 9.17) is 9.97 Å². The first-order valence-corrected chi connectivity index (χ1v) is 15.7. The maximum absolute atomic E-state index is 5.21. The molecule has 0 amide bonds. The van der Waals surface area contributed by atoms with Crippen molar-refractivity contribution in [2.75, 3.05) is 11.9 Å². The first-order valence-electron chi connectivity index (χ1n) is 15.7. The SMILES string of the molecule is CCCCCCCCCNCc1ccc(Cn2c(CCCC)nc3c(NC(C)(C)C)nc4ccccc4c32)cc1. The highest BCUT2D eigenvalue weighted by Crippen LogP contribution is 2.32. The zero-order valence-corrected chi connectivity index (χ0v) is 25.7. The van der Waals surface area contributed by atoms with Gasteiger partial charge >= 0.3 is 0 Å². The molecular weight excluding hydrogens is 490 g/mol. The molecule has 0 aliphatic heterocycles. The van der Waals surface area contributed by atoms with Gasteiger partial charge in [0.05, 0.1) is 11.0 Å². The number of aryl methyl sites for hydroxylation is 1. The van der Waals surface area contributed by atoms with Gasteiger partial charge in [-0.2, -0.15) is 0 Å². The number of hydrogen-bond donors (Lipinski definition) is 2. The predicted octanol–water partition coefficient (Wildman–Crippen LogP) is 9.03. The highest BCUT2D eigenvalue weighted by atomic mass is 15.1. The van der Waals surface area contributed by atoms with Crippen LogP contribution in [0.3, 0.4) is 0 Å². The van der Waals surface area contributed by atoms with Gasteiger partial charge < -0.3 is 15.2 Å². The van der Waals surface area contributed by atoms with Gasteiger partial charge in [-0.1, -0.05) is 101 Å². The lowest BCUT2D eigenvalue weighted by molar-refractivity contribution is 0.562. The van der Waals surface area contributed by atoms with E-state index < -0.39 is 0 Å². The Bertz CT molecular complexity index is 1330. The van der Waals surface area contributed by atoms with Crippen LogP contribution in [-0.4, -0.2) is 26.6 Å². The van der Waals surface area contributed by atoms with E-state index in [0.717, 1.165) is 61.6 Å². The highest BCUT2D eigenvalue weighted by Gasteiger charge is 2.21. The minimum absolute atomic E-state index is 0.103. The number of benzene rings is 2. The summed E-state index contributed by atoms with van der Waals surface area (Å²) in [7, 11) is 0. The van der Waals surface area contributed by atoms with E-state index in [-0.39, 0.29) is 5.54 Å². The fraction of sp³-hybridized carbons (Fsp3) is 0.543. The summed E-state index contributed by atoms with van der Waals surface area (Å²) in [6.07, 6.45) is 12.7. The first kappa shape index (κ1) is 30.0. The zero-order valence-electron chi connectivity index (χ0n) is 25.7. The average molecular weight is 542 g/mol. The topological polar surface area (TPSA) is 54.8 Å². The van der Waals surface area contributed by atoms with Gasteiger partial charge in [-0.25, -0.2) is 9.97 Å². The molecule has 5 heteroatoms. The molecule has 2 aromatic carbocycles. The van der Waals surface area contributed by atoms with Crippen molar-refractivity contribution >= 4 is 27.8 Å². The lowest BCUT2D eigenvalue weighted by atomic mass is 10.1. The molecule has 0 saturated carbocycles. The number of anilines is 1. The van der Waals surface area contributed by atoms with Crippen molar-refractivity contribution in [2.45, 2.75) is 117 Å². The molecule has 4 aromatic rings. The molecule has 0 aliphatic carbocycles. The van der Waals surface area contributed by atoms with Crippen LogP contribution in [0.5, 0.6) is 0 Å². The molecule has 0 bridgehead atoms. The third kappa shape index (κ3) is 8.30. The smallest absolute Gasteiger partial charge is 0.155 e. The molecule has 0 atom stereocenters. The minimum Gasteiger partial charge on any atom is -0.364 e. The van der Waals surface area contributed by atoms with E-state index in [1.165, 1.54) is 67.0 Å². The number of nitrogens with zero attached hydrogens (tertiary/aromatic N) is 3. The second kappa shape index (κ2) is 14.6. The predicted molar refractivity (Wildman–Crippen MR) is 172 cm³/mol. The number of para-hydroxylation sites is 1. The Morgan fingerprint density at radius 2 is 1.43 bits per heavy atom. The second-order valence-corrected chi connectivity index (χ2v) is 12.4. The first-order chi connectivity index (χ1) is 19.4. The molecule has 216 valence electrons.